The van der Waals surface area contributed by atoms with Gasteiger partial charge in [0.2, 0.25) is 0 Å². The summed E-state index contributed by atoms with van der Waals surface area (Å²) in [4.78, 5) is 0. The van der Waals surface area contributed by atoms with E-state index in [2.05, 4.69) is 0 Å². The molecule has 0 bridgehead atoms. The summed E-state index contributed by atoms with van der Waals surface area (Å²) in [5.74, 6) is 1.19. The Morgan fingerprint density at radius 2 is 1.67 bits per heavy atom. The van der Waals surface area contributed by atoms with Crippen molar-refractivity contribution in [3.05, 3.63) is 57.6 Å². The number of benzene rings is 2. The Bertz CT molecular complexity index is 629. The molecular weight excluding hydrogens is 331 g/mol. The van der Waals surface area contributed by atoms with Gasteiger partial charge in [0.1, 0.15) is 0 Å². The highest BCUT2D eigenvalue weighted by molar-refractivity contribution is 6.33. The van der Waals surface area contributed by atoms with Crippen molar-refractivity contribution in [1.29, 1.82) is 0 Å². The van der Waals surface area contributed by atoms with Gasteiger partial charge in [-0.25, -0.2) is 0 Å². The number of hydrogen-bond acceptors (Lipinski definition) is 2. The van der Waals surface area contributed by atoms with Crippen molar-refractivity contribution in [2.24, 2.45) is 0 Å². The zero-order chi connectivity index (χ0) is 15.4. The maximum atomic E-state index is 6.50. The van der Waals surface area contributed by atoms with Crippen LogP contribution in [0.2, 0.25) is 10.0 Å². The van der Waals surface area contributed by atoms with Gasteiger partial charge in [0.05, 0.1) is 19.6 Å². The highest BCUT2D eigenvalue weighted by Crippen LogP contribution is 2.39. The average Bonchev–Trinajstić information content (AvgIpc) is 2.46. The second-order valence-corrected chi connectivity index (χ2v) is 5.90. The van der Waals surface area contributed by atoms with Crippen LogP contribution >= 0.6 is 34.8 Å². The molecule has 5 heteroatoms. The highest BCUT2D eigenvalue weighted by Gasteiger charge is 2.17. The third kappa shape index (κ3) is 3.97. The lowest BCUT2D eigenvalue weighted by Crippen LogP contribution is -1.99. The van der Waals surface area contributed by atoms with E-state index in [1.807, 2.05) is 30.3 Å². The summed E-state index contributed by atoms with van der Waals surface area (Å²) in [6, 6.07) is 11.1. The molecule has 2 rings (SSSR count). The van der Waals surface area contributed by atoms with Crippen LogP contribution in [-0.4, -0.2) is 14.2 Å². The number of rotatable bonds is 5. The van der Waals surface area contributed by atoms with Gasteiger partial charge in [-0.15, -0.1) is 11.6 Å². The van der Waals surface area contributed by atoms with Gasteiger partial charge in [-0.2, -0.15) is 0 Å². The third-order valence-corrected chi connectivity index (χ3v) is 4.10. The van der Waals surface area contributed by atoms with E-state index >= 15 is 0 Å². The van der Waals surface area contributed by atoms with E-state index in [9.17, 15) is 0 Å². The van der Waals surface area contributed by atoms with Crippen LogP contribution in [-0.2, 0) is 6.42 Å². The molecule has 1 unspecified atom stereocenters. The monoisotopic (exact) mass is 344 g/mol. The average molecular weight is 346 g/mol. The van der Waals surface area contributed by atoms with Gasteiger partial charge in [0.15, 0.2) is 11.5 Å². The molecule has 0 aliphatic carbocycles. The Morgan fingerprint density at radius 3 is 2.29 bits per heavy atom. The topological polar surface area (TPSA) is 18.5 Å². The van der Waals surface area contributed by atoms with Gasteiger partial charge >= 0.3 is 0 Å². The Morgan fingerprint density at radius 1 is 1.00 bits per heavy atom. The van der Waals surface area contributed by atoms with E-state index in [4.69, 9.17) is 44.3 Å². The molecule has 21 heavy (non-hydrogen) atoms. The molecule has 0 aromatic heterocycles. The van der Waals surface area contributed by atoms with Gasteiger partial charge in [0.25, 0.3) is 0 Å². The van der Waals surface area contributed by atoms with Crippen LogP contribution in [0.25, 0.3) is 0 Å². The van der Waals surface area contributed by atoms with Gasteiger partial charge in [0, 0.05) is 16.1 Å². The van der Waals surface area contributed by atoms with E-state index in [1.54, 1.807) is 20.3 Å². The first kappa shape index (κ1) is 16.3. The summed E-state index contributed by atoms with van der Waals surface area (Å²) in [5, 5.41) is 0.959. The first-order valence-electron chi connectivity index (χ1n) is 6.35. The lowest BCUT2D eigenvalue weighted by atomic mass is 10.0. The van der Waals surface area contributed by atoms with Crippen molar-refractivity contribution in [1.82, 2.24) is 0 Å². The molecule has 0 aliphatic rings. The summed E-state index contributed by atoms with van der Waals surface area (Å²) < 4.78 is 10.5. The highest BCUT2D eigenvalue weighted by atomic mass is 35.5. The fourth-order valence-electron chi connectivity index (χ4n) is 2.09. The van der Waals surface area contributed by atoms with Crippen LogP contribution in [0.15, 0.2) is 36.4 Å². The number of alkyl halides is 1. The Hall–Kier alpha value is -1.09. The van der Waals surface area contributed by atoms with Crippen molar-refractivity contribution >= 4 is 34.8 Å². The smallest absolute Gasteiger partial charge is 0.162 e. The predicted octanol–water partition coefficient (Wildman–Crippen LogP) is 5.53. The van der Waals surface area contributed by atoms with Crippen molar-refractivity contribution in [3.63, 3.8) is 0 Å². The van der Waals surface area contributed by atoms with Gasteiger partial charge in [-0.3, -0.25) is 0 Å². The second-order valence-electron chi connectivity index (χ2n) is 4.53. The fraction of sp³-hybridized carbons (Fsp3) is 0.250. The van der Waals surface area contributed by atoms with Crippen molar-refractivity contribution in [3.8, 4) is 11.5 Å². The molecule has 0 saturated heterocycles. The molecule has 0 spiro atoms. The lowest BCUT2D eigenvalue weighted by molar-refractivity contribution is 0.354. The summed E-state index contributed by atoms with van der Waals surface area (Å²) in [7, 11) is 3.15. The van der Waals surface area contributed by atoms with E-state index in [0.717, 1.165) is 11.1 Å². The second kappa shape index (κ2) is 7.26. The number of hydrogen-bond donors (Lipinski definition) is 0. The summed E-state index contributed by atoms with van der Waals surface area (Å²) >= 11 is 18.8. The number of methoxy groups -OCH3 is 2. The molecule has 0 aliphatic heterocycles. The Balaban J connectivity index is 2.28. The zero-order valence-electron chi connectivity index (χ0n) is 11.7. The first-order valence-corrected chi connectivity index (χ1v) is 7.54. The molecule has 0 radical (unpaired) electrons. The molecule has 2 aromatic rings. The molecule has 0 saturated carbocycles. The molecule has 0 fully saturated rings. The molecule has 0 amide bonds. The molecule has 0 N–H and O–H groups in total. The zero-order valence-corrected chi connectivity index (χ0v) is 14.0. The fourth-order valence-corrected chi connectivity index (χ4v) is 3.00. The lowest BCUT2D eigenvalue weighted by Gasteiger charge is -2.15. The molecule has 112 valence electrons. The van der Waals surface area contributed by atoms with Crippen LogP contribution < -0.4 is 9.47 Å². The van der Waals surface area contributed by atoms with Crippen molar-refractivity contribution in [2.75, 3.05) is 14.2 Å². The van der Waals surface area contributed by atoms with Crippen LogP contribution in [0, 0.1) is 0 Å². The first-order chi connectivity index (χ1) is 10.0. The van der Waals surface area contributed by atoms with E-state index in [0.29, 0.717) is 28.0 Å². The van der Waals surface area contributed by atoms with E-state index < -0.39 is 0 Å². The summed E-state index contributed by atoms with van der Waals surface area (Å²) in [6.07, 6.45) is 0.622. The van der Waals surface area contributed by atoms with Crippen LogP contribution in [0.4, 0.5) is 0 Å². The van der Waals surface area contributed by atoms with Crippen molar-refractivity contribution < 1.29 is 9.47 Å². The van der Waals surface area contributed by atoms with Crippen molar-refractivity contribution in [2.45, 2.75) is 11.8 Å². The summed E-state index contributed by atoms with van der Waals surface area (Å²) in [6.45, 7) is 0. The molecule has 0 heterocycles. The Kier molecular flexibility index (Phi) is 5.63. The van der Waals surface area contributed by atoms with Gasteiger partial charge in [-0.05, 0) is 35.7 Å². The largest absolute Gasteiger partial charge is 0.493 e. The maximum absolute atomic E-state index is 6.50. The van der Waals surface area contributed by atoms with Gasteiger partial charge < -0.3 is 9.47 Å². The van der Waals surface area contributed by atoms with Crippen LogP contribution in [0.3, 0.4) is 0 Å². The molecule has 2 nitrogen and oxygen atoms in total. The SMILES string of the molecule is COc1cc(Cl)c(C(Cl)Cc2cccc(Cl)c2)cc1OC. The van der Waals surface area contributed by atoms with E-state index in [-0.39, 0.29) is 5.38 Å². The Labute approximate surface area is 139 Å². The van der Waals surface area contributed by atoms with E-state index in [1.165, 1.54) is 0 Å². The minimum atomic E-state index is -0.282. The minimum Gasteiger partial charge on any atom is -0.493 e. The molecule has 2 aromatic carbocycles. The standard InChI is InChI=1S/C16H15Cl3O2/c1-20-15-8-12(14(19)9-16(15)21-2)13(18)7-10-4-3-5-11(17)6-10/h3-6,8-9,13H,7H2,1-2H3. The number of halogens is 3. The summed E-state index contributed by atoms with van der Waals surface area (Å²) in [5.41, 5.74) is 1.85. The minimum absolute atomic E-state index is 0.282. The predicted molar refractivity (Wildman–Crippen MR) is 88.3 cm³/mol. The van der Waals surface area contributed by atoms with Gasteiger partial charge in [-0.1, -0.05) is 35.3 Å². The van der Waals surface area contributed by atoms with Crippen LogP contribution in [0.5, 0.6) is 11.5 Å². The molecular formula is C16H15Cl3O2. The quantitative estimate of drug-likeness (QED) is 0.663. The van der Waals surface area contributed by atoms with Crippen LogP contribution in [0.1, 0.15) is 16.5 Å². The third-order valence-electron chi connectivity index (χ3n) is 3.14. The molecule has 1 atom stereocenters. The maximum Gasteiger partial charge on any atom is 0.162 e. The normalized spacial score (nSPS) is 12.0. The number of ether oxygens (including phenoxy) is 2.